The van der Waals surface area contributed by atoms with E-state index < -0.39 is 0 Å². The molecule has 1 saturated heterocycles. The molecular weight excluding hydrogens is 212 g/mol. The van der Waals surface area contributed by atoms with Crippen LogP contribution in [0.1, 0.15) is 30.9 Å². The van der Waals surface area contributed by atoms with Crippen molar-refractivity contribution in [1.29, 1.82) is 0 Å². The average Bonchev–Trinajstić information content (AvgIpc) is 2.74. The van der Waals surface area contributed by atoms with Crippen LogP contribution in [0.5, 0.6) is 0 Å². The largest absolute Gasteiger partial charge is 0.312 e. The quantitative estimate of drug-likeness (QED) is 0.798. The standard InChI is InChI=1S/C14H18N2O/c1-10-7-12-8-13(5-4-11(12)9-15-10)16-6-2-3-14(16)17/h4-5,8,10,15H,2-3,6-7,9H2,1H3. The second-order valence-electron chi connectivity index (χ2n) is 5.09. The summed E-state index contributed by atoms with van der Waals surface area (Å²) in [6.45, 7) is 4.03. The molecule has 0 bridgehead atoms. The Kier molecular flexibility index (Phi) is 2.63. The minimum Gasteiger partial charge on any atom is -0.312 e. The molecule has 1 aromatic carbocycles. The molecule has 0 aromatic heterocycles. The van der Waals surface area contributed by atoms with Crippen LogP contribution in [0, 0.1) is 0 Å². The molecule has 2 aliphatic rings. The number of fused-ring (bicyclic) bond motifs is 1. The number of hydrogen-bond donors (Lipinski definition) is 1. The fourth-order valence-corrected chi connectivity index (χ4v) is 2.75. The normalized spacial score (nSPS) is 23.9. The molecule has 90 valence electrons. The topological polar surface area (TPSA) is 32.3 Å². The van der Waals surface area contributed by atoms with Crippen LogP contribution in [-0.4, -0.2) is 18.5 Å². The summed E-state index contributed by atoms with van der Waals surface area (Å²) >= 11 is 0. The number of carbonyl (C=O) groups excluding carboxylic acids is 1. The molecule has 1 aromatic rings. The van der Waals surface area contributed by atoms with Gasteiger partial charge in [0.2, 0.25) is 5.91 Å². The summed E-state index contributed by atoms with van der Waals surface area (Å²) in [6, 6.07) is 6.98. The number of carbonyl (C=O) groups is 1. The second kappa shape index (κ2) is 4.15. The van der Waals surface area contributed by atoms with Gasteiger partial charge in [-0.2, -0.15) is 0 Å². The highest BCUT2D eigenvalue weighted by Crippen LogP contribution is 2.26. The molecule has 3 rings (SSSR count). The third-order valence-electron chi connectivity index (χ3n) is 3.74. The van der Waals surface area contributed by atoms with Crippen LogP contribution in [0.2, 0.25) is 0 Å². The second-order valence-corrected chi connectivity index (χ2v) is 5.09. The van der Waals surface area contributed by atoms with E-state index in [9.17, 15) is 4.79 Å². The van der Waals surface area contributed by atoms with Gasteiger partial charge in [0.15, 0.2) is 0 Å². The Morgan fingerprint density at radius 1 is 1.35 bits per heavy atom. The van der Waals surface area contributed by atoms with Crippen molar-refractivity contribution in [2.45, 2.75) is 38.8 Å². The average molecular weight is 230 g/mol. The van der Waals surface area contributed by atoms with Gasteiger partial charge in [-0.05, 0) is 43.0 Å². The molecule has 17 heavy (non-hydrogen) atoms. The molecule has 2 heterocycles. The van der Waals surface area contributed by atoms with E-state index in [1.165, 1.54) is 11.1 Å². The molecule has 3 heteroatoms. The van der Waals surface area contributed by atoms with Crippen molar-refractivity contribution in [1.82, 2.24) is 5.32 Å². The third-order valence-corrected chi connectivity index (χ3v) is 3.74. The van der Waals surface area contributed by atoms with Crippen molar-refractivity contribution in [2.75, 3.05) is 11.4 Å². The number of anilines is 1. The van der Waals surface area contributed by atoms with E-state index in [0.717, 1.165) is 31.6 Å². The Balaban J connectivity index is 1.92. The van der Waals surface area contributed by atoms with Gasteiger partial charge in [0, 0.05) is 31.2 Å². The molecule has 2 aliphatic heterocycles. The smallest absolute Gasteiger partial charge is 0.227 e. The maximum Gasteiger partial charge on any atom is 0.227 e. The Labute approximate surface area is 102 Å². The van der Waals surface area contributed by atoms with Gasteiger partial charge >= 0.3 is 0 Å². The van der Waals surface area contributed by atoms with E-state index in [0.29, 0.717) is 12.5 Å². The van der Waals surface area contributed by atoms with Gasteiger partial charge < -0.3 is 10.2 Å². The number of amides is 1. The minimum atomic E-state index is 0.270. The highest BCUT2D eigenvalue weighted by atomic mass is 16.2. The zero-order chi connectivity index (χ0) is 11.8. The number of rotatable bonds is 1. The van der Waals surface area contributed by atoms with Crippen molar-refractivity contribution in [2.24, 2.45) is 0 Å². The summed E-state index contributed by atoms with van der Waals surface area (Å²) in [5, 5.41) is 3.46. The lowest BCUT2D eigenvalue weighted by molar-refractivity contribution is -0.117. The number of nitrogens with zero attached hydrogens (tertiary/aromatic N) is 1. The van der Waals surface area contributed by atoms with E-state index in [1.54, 1.807) is 0 Å². The highest BCUT2D eigenvalue weighted by molar-refractivity contribution is 5.95. The summed E-state index contributed by atoms with van der Waals surface area (Å²) in [4.78, 5) is 13.6. The first-order valence-corrected chi connectivity index (χ1v) is 6.39. The van der Waals surface area contributed by atoms with Crippen LogP contribution >= 0.6 is 0 Å². The zero-order valence-electron chi connectivity index (χ0n) is 10.2. The number of hydrogen-bond acceptors (Lipinski definition) is 2. The van der Waals surface area contributed by atoms with Crippen LogP contribution in [0.3, 0.4) is 0 Å². The summed E-state index contributed by atoms with van der Waals surface area (Å²) in [7, 11) is 0. The summed E-state index contributed by atoms with van der Waals surface area (Å²) < 4.78 is 0. The van der Waals surface area contributed by atoms with Crippen molar-refractivity contribution in [3.05, 3.63) is 29.3 Å². The van der Waals surface area contributed by atoms with Crippen LogP contribution < -0.4 is 10.2 Å². The molecule has 1 N–H and O–H groups in total. The van der Waals surface area contributed by atoms with Crippen molar-refractivity contribution < 1.29 is 4.79 Å². The predicted octanol–water partition coefficient (Wildman–Crippen LogP) is 1.85. The number of nitrogens with one attached hydrogen (secondary N) is 1. The van der Waals surface area contributed by atoms with E-state index in [2.05, 4.69) is 30.4 Å². The van der Waals surface area contributed by atoms with Gasteiger partial charge in [-0.1, -0.05) is 6.07 Å². The van der Waals surface area contributed by atoms with Crippen molar-refractivity contribution in [3.63, 3.8) is 0 Å². The van der Waals surface area contributed by atoms with Crippen LogP contribution in [0.25, 0.3) is 0 Å². The van der Waals surface area contributed by atoms with Crippen LogP contribution in [0.15, 0.2) is 18.2 Å². The Hall–Kier alpha value is -1.35. The monoisotopic (exact) mass is 230 g/mol. The van der Waals surface area contributed by atoms with Gasteiger partial charge in [-0.3, -0.25) is 4.79 Å². The Morgan fingerprint density at radius 2 is 2.24 bits per heavy atom. The van der Waals surface area contributed by atoms with E-state index in [-0.39, 0.29) is 5.91 Å². The van der Waals surface area contributed by atoms with Crippen molar-refractivity contribution in [3.8, 4) is 0 Å². The molecule has 1 fully saturated rings. The van der Waals surface area contributed by atoms with Gasteiger partial charge in [-0.25, -0.2) is 0 Å². The number of benzene rings is 1. The van der Waals surface area contributed by atoms with Gasteiger partial charge in [0.05, 0.1) is 0 Å². The van der Waals surface area contributed by atoms with Crippen molar-refractivity contribution >= 4 is 11.6 Å². The molecule has 1 amide bonds. The Bertz CT molecular complexity index is 456. The lowest BCUT2D eigenvalue weighted by Gasteiger charge is -2.25. The highest BCUT2D eigenvalue weighted by Gasteiger charge is 2.23. The van der Waals surface area contributed by atoms with E-state index in [1.807, 2.05) is 4.90 Å². The SMILES string of the molecule is CC1Cc2cc(N3CCCC3=O)ccc2CN1. The maximum atomic E-state index is 11.7. The zero-order valence-corrected chi connectivity index (χ0v) is 10.2. The molecular formula is C14H18N2O. The van der Waals surface area contributed by atoms with Gasteiger partial charge in [-0.15, -0.1) is 0 Å². The summed E-state index contributed by atoms with van der Waals surface area (Å²) in [6.07, 6.45) is 2.76. The lowest BCUT2D eigenvalue weighted by Crippen LogP contribution is -2.33. The molecule has 1 unspecified atom stereocenters. The van der Waals surface area contributed by atoms with Gasteiger partial charge in [0.25, 0.3) is 0 Å². The predicted molar refractivity (Wildman–Crippen MR) is 68.0 cm³/mol. The summed E-state index contributed by atoms with van der Waals surface area (Å²) in [5.74, 6) is 0.270. The molecule has 0 radical (unpaired) electrons. The molecule has 0 saturated carbocycles. The fourth-order valence-electron chi connectivity index (χ4n) is 2.75. The van der Waals surface area contributed by atoms with Crippen LogP contribution in [0.4, 0.5) is 5.69 Å². The van der Waals surface area contributed by atoms with Crippen LogP contribution in [-0.2, 0) is 17.8 Å². The third kappa shape index (κ3) is 1.95. The minimum absolute atomic E-state index is 0.270. The maximum absolute atomic E-state index is 11.7. The first-order chi connectivity index (χ1) is 8.24. The van der Waals surface area contributed by atoms with E-state index in [4.69, 9.17) is 0 Å². The van der Waals surface area contributed by atoms with E-state index >= 15 is 0 Å². The molecule has 1 atom stereocenters. The molecule has 3 nitrogen and oxygen atoms in total. The Morgan fingerprint density at radius 3 is 3.00 bits per heavy atom. The van der Waals surface area contributed by atoms with Gasteiger partial charge in [0.1, 0.15) is 0 Å². The lowest BCUT2D eigenvalue weighted by atomic mass is 9.96. The summed E-state index contributed by atoms with van der Waals surface area (Å²) in [5.41, 5.74) is 3.85. The first kappa shape index (κ1) is 10.8. The molecule has 0 aliphatic carbocycles. The molecule has 0 spiro atoms. The fraction of sp³-hybridized carbons (Fsp3) is 0.500. The first-order valence-electron chi connectivity index (χ1n) is 6.39.